The van der Waals surface area contributed by atoms with Crippen molar-refractivity contribution in [2.24, 2.45) is 17.8 Å². The minimum absolute atomic E-state index is 0.401. The Hall–Kier alpha value is -0.900. The number of ether oxygens (including phenoxy) is 1. The van der Waals surface area contributed by atoms with Gasteiger partial charge in [0.25, 0.3) is 0 Å². The molecule has 1 aromatic rings. The second-order valence-electron chi connectivity index (χ2n) is 6.75. The number of fused-ring (bicyclic) bond motifs is 2. The topological polar surface area (TPSA) is 41.5 Å². The van der Waals surface area contributed by atoms with E-state index in [-0.39, 0.29) is 0 Å². The highest BCUT2D eigenvalue weighted by Crippen LogP contribution is 2.47. The van der Waals surface area contributed by atoms with Gasteiger partial charge in [0.05, 0.1) is 19.3 Å². The molecule has 0 amide bonds. The fraction of sp³-hybridized carbons (Fsp3) is 0.667. The standard InChI is InChI=1S/C18H27NO2/c20-18(13-21-12-14-4-2-1-3-5-14)11-19-10-17-9-15-6-7-16(17)8-15/h1-5,15-20H,6-13H2. The van der Waals surface area contributed by atoms with Crippen LogP contribution in [0.1, 0.15) is 31.2 Å². The highest BCUT2D eigenvalue weighted by atomic mass is 16.5. The van der Waals surface area contributed by atoms with Gasteiger partial charge in [-0.2, -0.15) is 0 Å². The van der Waals surface area contributed by atoms with Gasteiger partial charge in [-0.25, -0.2) is 0 Å². The molecule has 4 unspecified atom stereocenters. The van der Waals surface area contributed by atoms with E-state index in [1.54, 1.807) is 0 Å². The number of benzene rings is 1. The number of nitrogens with one attached hydrogen (secondary N) is 1. The number of aliphatic hydroxyl groups is 1. The average Bonchev–Trinajstić information content (AvgIpc) is 3.11. The summed E-state index contributed by atoms with van der Waals surface area (Å²) in [5.41, 5.74) is 1.15. The zero-order valence-electron chi connectivity index (χ0n) is 12.7. The maximum Gasteiger partial charge on any atom is 0.0897 e. The van der Waals surface area contributed by atoms with E-state index in [2.05, 4.69) is 5.32 Å². The second-order valence-corrected chi connectivity index (χ2v) is 6.75. The zero-order valence-corrected chi connectivity index (χ0v) is 12.7. The Balaban J connectivity index is 1.26. The molecule has 0 spiro atoms. The minimum atomic E-state index is -0.410. The summed E-state index contributed by atoms with van der Waals surface area (Å²) in [4.78, 5) is 0. The van der Waals surface area contributed by atoms with Crippen LogP contribution < -0.4 is 5.32 Å². The van der Waals surface area contributed by atoms with Gasteiger partial charge in [-0.05, 0) is 49.1 Å². The molecule has 0 saturated heterocycles. The van der Waals surface area contributed by atoms with Gasteiger partial charge >= 0.3 is 0 Å². The van der Waals surface area contributed by atoms with E-state index >= 15 is 0 Å². The van der Waals surface area contributed by atoms with Crippen molar-refractivity contribution in [2.45, 2.75) is 38.4 Å². The lowest BCUT2D eigenvalue weighted by Gasteiger charge is -2.22. The van der Waals surface area contributed by atoms with Crippen LogP contribution in [-0.2, 0) is 11.3 Å². The van der Waals surface area contributed by atoms with Gasteiger partial charge in [-0.3, -0.25) is 0 Å². The van der Waals surface area contributed by atoms with Crippen molar-refractivity contribution < 1.29 is 9.84 Å². The Labute approximate surface area is 127 Å². The lowest BCUT2D eigenvalue weighted by molar-refractivity contribution is 0.0282. The van der Waals surface area contributed by atoms with Crippen molar-refractivity contribution in [3.63, 3.8) is 0 Å². The number of rotatable bonds is 8. The van der Waals surface area contributed by atoms with E-state index < -0.39 is 6.10 Å². The van der Waals surface area contributed by atoms with Crippen LogP contribution in [0.25, 0.3) is 0 Å². The summed E-state index contributed by atoms with van der Waals surface area (Å²) in [6, 6.07) is 10.1. The maximum absolute atomic E-state index is 9.95. The van der Waals surface area contributed by atoms with Gasteiger partial charge < -0.3 is 15.2 Å². The first-order valence-electron chi connectivity index (χ1n) is 8.31. The molecule has 2 N–H and O–H groups in total. The first-order chi connectivity index (χ1) is 10.3. The van der Waals surface area contributed by atoms with E-state index in [4.69, 9.17) is 4.74 Å². The maximum atomic E-state index is 9.95. The first kappa shape index (κ1) is 15.0. The molecule has 2 bridgehead atoms. The van der Waals surface area contributed by atoms with E-state index in [0.29, 0.717) is 19.8 Å². The summed E-state index contributed by atoms with van der Waals surface area (Å²) in [6.07, 6.45) is 5.33. The minimum Gasteiger partial charge on any atom is -0.389 e. The van der Waals surface area contributed by atoms with Crippen molar-refractivity contribution in [1.29, 1.82) is 0 Å². The largest absolute Gasteiger partial charge is 0.389 e. The van der Waals surface area contributed by atoms with Crippen molar-refractivity contribution in [3.8, 4) is 0 Å². The summed E-state index contributed by atoms with van der Waals surface area (Å²) in [5, 5.41) is 13.4. The number of hydrogen-bond donors (Lipinski definition) is 2. The summed E-state index contributed by atoms with van der Waals surface area (Å²) in [6.45, 7) is 2.68. The van der Waals surface area contributed by atoms with Gasteiger partial charge in [-0.15, -0.1) is 0 Å². The number of hydrogen-bond acceptors (Lipinski definition) is 3. The lowest BCUT2D eigenvalue weighted by atomic mass is 9.89. The molecular weight excluding hydrogens is 262 g/mol. The summed E-state index contributed by atoms with van der Waals surface area (Å²) in [7, 11) is 0. The van der Waals surface area contributed by atoms with Gasteiger partial charge in [0.2, 0.25) is 0 Å². The second kappa shape index (κ2) is 7.39. The molecule has 21 heavy (non-hydrogen) atoms. The van der Waals surface area contributed by atoms with Crippen LogP contribution in [0.3, 0.4) is 0 Å². The Bertz CT molecular complexity index is 422. The smallest absolute Gasteiger partial charge is 0.0897 e. The van der Waals surface area contributed by atoms with Crippen LogP contribution in [0.15, 0.2) is 30.3 Å². The van der Waals surface area contributed by atoms with Crippen LogP contribution in [0.4, 0.5) is 0 Å². The summed E-state index contributed by atoms with van der Waals surface area (Å²) < 4.78 is 5.56. The van der Waals surface area contributed by atoms with Crippen LogP contribution in [0.2, 0.25) is 0 Å². The van der Waals surface area contributed by atoms with E-state index in [1.165, 1.54) is 25.7 Å². The van der Waals surface area contributed by atoms with E-state index in [9.17, 15) is 5.11 Å². The molecule has 4 atom stereocenters. The highest BCUT2D eigenvalue weighted by Gasteiger charge is 2.38. The lowest BCUT2D eigenvalue weighted by Crippen LogP contribution is -2.34. The SMILES string of the molecule is OC(CNCC1CC2CCC1C2)COCc1ccccc1. The molecule has 2 saturated carbocycles. The molecule has 3 rings (SSSR count). The predicted molar refractivity (Wildman–Crippen MR) is 83.9 cm³/mol. The molecule has 3 nitrogen and oxygen atoms in total. The van der Waals surface area contributed by atoms with Crippen LogP contribution >= 0.6 is 0 Å². The third-order valence-electron chi connectivity index (χ3n) is 5.09. The van der Waals surface area contributed by atoms with Gasteiger partial charge in [0, 0.05) is 6.54 Å². The third-order valence-corrected chi connectivity index (χ3v) is 5.09. The molecule has 0 aromatic heterocycles. The summed E-state index contributed by atoms with van der Waals surface area (Å²) in [5.74, 6) is 2.80. The Morgan fingerprint density at radius 1 is 1.19 bits per heavy atom. The normalized spacial score (nSPS) is 28.9. The summed E-state index contributed by atoms with van der Waals surface area (Å²) >= 11 is 0. The molecule has 1 aromatic carbocycles. The molecule has 2 fully saturated rings. The monoisotopic (exact) mass is 289 g/mol. The van der Waals surface area contributed by atoms with E-state index in [0.717, 1.165) is 29.9 Å². The fourth-order valence-electron chi connectivity index (χ4n) is 4.01. The molecule has 116 valence electrons. The average molecular weight is 289 g/mol. The molecule has 0 radical (unpaired) electrons. The molecule has 2 aliphatic carbocycles. The van der Waals surface area contributed by atoms with Crippen molar-refractivity contribution in [2.75, 3.05) is 19.7 Å². The van der Waals surface area contributed by atoms with Crippen LogP contribution in [0, 0.1) is 17.8 Å². The van der Waals surface area contributed by atoms with Gasteiger partial charge in [0.1, 0.15) is 0 Å². The van der Waals surface area contributed by atoms with Crippen LogP contribution in [0.5, 0.6) is 0 Å². The zero-order chi connectivity index (χ0) is 14.5. The highest BCUT2D eigenvalue weighted by molar-refractivity contribution is 5.13. The predicted octanol–water partition coefficient (Wildman–Crippen LogP) is 2.59. The van der Waals surface area contributed by atoms with E-state index in [1.807, 2.05) is 30.3 Å². The fourth-order valence-corrected chi connectivity index (χ4v) is 4.01. The Morgan fingerprint density at radius 3 is 2.76 bits per heavy atom. The Morgan fingerprint density at radius 2 is 2.05 bits per heavy atom. The first-order valence-corrected chi connectivity index (χ1v) is 8.31. The molecule has 2 aliphatic rings. The van der Waals surface area contributed by atoms with Crippen LogP contribution in [-0.4, -0.2) is 30.9 Å². The quantitative estimate of drug-likeness (QED) is 0.773. The molecular formula is C18H27NO2. The van der Waals surface area contributed by atoms with Crippen molar-refractivity contribution in [1.82, 2.24) is 5.32 Å². The van der Waals surface area contributed by atoms with Gasteiger partial charge in [0.15, 0.2) is 0 Å². The molecule has 0 aliphatic heterocycles. The molecule has 0 heterocycles. The third kappa shape index (κ3) is 4.29. The molecule has 3 heteroatoms. The number of aliphatic hydroxyl groups excluding tert-OH is 1. The Kier molecular flexibility index (Phi) is 5.28. The van der Waals surface area contributed by atoms with Crippen molar-refractivity contribution >= 4 is 0 Å². The van der Waals surface area contributed by atoms with Crippen molar-refractivity contribution in [3.05, 3.63) is 35.9 Å². The van der Waals surface area contributed by atoms with Gasteiger partial charge in [-0.1, -0.05) is 36.8 Å².